The zero-order valence-corrected chi connectivity index (χ0v) is 15.4. The monoisotopic (exact) mass is 354 g/mol. The van der Waals surface area contributed by atoms with Crippen LogP contribution in [0.15, 0.2) is 83.6 Å². The summed E-state index contributed by atoms with van der Waals surface area (Å²) in [4.78, 5) is 9.06. The van der Waals surface area contributed by atoms with Gasteiger partial charge in [-0.2, -0.15) is 0 Å². The van der Waals surface area contributed by atoms with E-state index >= 15 is 0 Å². The lowest BCUT2D eigenvalue weighted by Gasteiger charge is -2.17. The molecule has 1 aromatic heterocycles. The van der Waals surface area contributed by atoms with E-state index in [1.54, 1.807) is 13.3 Å². The number of aromatic nitrogens is 1. The summed E-state index contributed by atoms with van der Waals surface area (Å²) < 4.78 is 5.46. The maximum atomic E-state index is 5.46. The van der Waals surface area contributed by atoms with Crippen LogP contribution in [-0.2, 0) is 0 Å². The Balaban J connectivity index is 1.81. The Labute approximate surface area is 160 Å². The van der Waals surface area contributed by atoms with E-state index in [4.69, 9.17) is 9.73 Å². The van der Waals surface area contributed by atoms with Gasteiger partial charge >= 0.3 is 0 Å². The summed E-state index contributed by atoms with van der Waals surface area (Å²) in [5, 5.41) is 0. The van der Waals surface area contributed by atoms with Gasteiger partial charge in [0.2, 0.25) is 0 Å². The van der Waals surface area contributed by atoms with Crippen LogP contribution in [0.5, 0.6) is 5.75 Å². The van der Waals surface area contributed by atoms with E-state index in [9.17, 15) is 0 Å². The van der Waals surface area contributed by atoms with Crippen molar-refractivity contribution in [2.45, 2.75) is 12.8 Å². The minimum absolute atomic E-state index is 0.862. The van der Waals surface area contributed by atoms with Gasteiger partial charge in [-0.1, -0.05) is 36.4 Å². The lowest BCUT2D eigenvalue weighted by molar-refractivity contribution is 0.415. The summed E-state index contributed by atoms with van der Waals surface area (Å²) in [7, 11) is 1.70. The fourth-order valence-corrected chi connectivity index (χ4v) is 3.44. The molecule has 0 saturated heterocycles. The van der Waals surface area contributed by atoms with Crippen molar-refractivity contribution in [3.8, 4) is 16.9 Å². The summed E-state index contributed by atoms with van der Waals surface area (Å²) in [5.41, 5.74) is 6.92. The third-order valence-electron chi connectivity index (χ3n) is 4.79. The first-order chi connectivity index (χ1) is 13.3. The van der Waals surface area contributed by atoms with Crippen LogP contribution in [0.2, 0.25) is 0 Å². The quantitative estimate of drug-likeness (QED) is 0.626. The van der Waals surface area contributed by atoms with Crippen LogP contribution in [0.1, 0.15) is 24.0 Å². The van der Waals surface area contributed by atoms with Crippen molar-refractivity contribution in [3.63, 3.8) is 0 Å². The molecule has 0 N–H and O–H groups in total. The third kappa shape index (κ3) is 3.82. The number of hydrogen-bond donors (Lipinski definition) is 0. The number of benzene rings is 2. The molecule has 27 heavy (non-hydrogen) atoms. The second kappa shape index (κ2) is 8.00. The second-order valence-corrected chi connectivity index (χ2v) is 6.56. The number of hydrogen-bond acceptors (Lipinski definition) is 3. The second-order valence-electron chi connectivity index (χ2n) is 6.56. The van der Waals surface area contributed by atoms with Crippen LogP contribution < -0.4 is 4.74 Å². The molecule has 0 spiro atoms. The average molecular weight is 354 g/mol. The van der Waals surface area contributed by atoms with Gasteiger partial charge in [-0.25, -0.2) is 0 Å². The predicted molar refractivity (Wildman–Crippen MR) is 111 cm³/mol. The average Bonchev–Trinajstić information content (AvgIpc) is 2.76. The highest BCUT2D eigenvalue weighted by atomic mass is 16.5. The topological polar surface area (TPSA) is 34.5 Å². The summed E-state index contributed by atoms with van der Waals surface area (Å²) in [6.07, 6.45) is 8.06. The standard InChI is InChI=1S/C24H22N2O/c1-27-22-12-11-19(23(16-22)18-7-3-2-4-8-18)15-20-9-6-14-26-24(20)21-10-5-13-25-17-21/h2-5,7-8,10-13,15-17H,6,9,14H2,1H3/b20-15-. The van der Waals surface area contributed by atoms with Gasteiger partial charge in [0.1, 0.15) is 5.75 Å². The third-order valence-corrected chi connectivity index (χ3v) is 4.79. The largest absolute Gasteiger partial charge is 0.497 e. The molecule has 0 radical (unpaired) electrons. The molecule has 3 heteroatoms. The van der Waals surface area contributed by atoms with Crippen LogP contribution in [0.4, 0.5) is 0 Å². The molecule has 134 valence electrons. The zero-order valence-electron chi connectivity index (χ0n) is 15.4. The molecule has 0 amide bonds. The van der Waals surface area contributed by atoms with Gasteiger partial charge in [-0.15, -0.1) is 0 Å². The van der Waals surface area contributed by atoms with Crippen LogP contribution >= 0.6 is 0 Å². The van der Waals surface area contributed by atoms with Gasteiger partial charge in [0, 0.05) is 24.5 Å². The Kier molecular flexibility index (Phi) is 5.10. The van der Waals surface area contributed by atoms with E-state index < -0.39 is 0 Å². The number of methoxy groups -OCH3 is 1. The van der Waals surface area contributed by atoms with Gasteiger partial charge in [0.05, 0.1) is 12.8 Å². The molecule has 0 bridgehead atoms. The first-order valence-corrected chi connectivity index (χ1v) is 9.24. The van der Waals surface area contributed by atoms with Crippen molar-refractivity contribution in [1.29, 1.82) is 0 Å². The Morgan fingerprint density at radius 2 is 1.81 bits per heavy atom. The van der Waals surface area contributed by atoms with Crippen LogP contribution in [-0.4, -0.2) is 24.4 Å². The van der Waals surface area contributed by atoms with Gasteiger partial charge < -0.3 is 4.74 Å². The van der Waals surface area contributed by atoms with E-state index in [-0.39, 0.29) is 0 Å². The summed E-state index contributed by atoms with van der Waals surface area (Å²) in [6, 6.07) is 20.7. The van der Waals surface area contributed by atoms with E-state index in [0.717, 1.165) is 36.4 Å². The molecule has 1 aliphatic heterocycles. The van der Waals surface area contributed by atoms with E-state index in [0.29, 0.717) is 0 Å². The van der Waals surface area contributed by atoms with Crippen LogP contribution in [0.3, 0.4) is 0 Å². The molecule has 3 aromatic rings. The van der Waals surface area contributed by atoms with Crippen molar-refractivity contribution >= 4 is 11.8 Å². The van der Waals surface area contributed by atoms with E-state index in [1.807, 2.05) is 24.4 Å². The maximum Gasteiger partial charge on any atom is 0.119 e. The minimum Gasteiger partial charge on any atom is -0.497 e. The first kappa shape index (κ1) is 17.2. The number of nitrogens with zero attached hydrogens (tertiary/aromatic N) is 2. The molecular weight excluding hydrogens is 332 g/mol. The molecule has 0 unspecified atom stereocenters. The van der Waals surface area contributed by atoms with E-state index in [1.165, 1.54) is 22.3 Å². The van der Waals surface area contributed by atoms with Gasteiger partial charge in [-0.05, 0) is 65.4 Å². The smallest absolute Gasteiger partial charge is 0.119 e. The lowest BCUT2D eigenvalue weighted by atomic mass is 9.92. The Bertz CT molecular complexity index is 976. The zero-order chi connectivity index (χ0) is 18.5. The molecule has 4 rings (SSSR count). The highest BCUT2D eigenvalue weighted by Crippen LogP contribution is 2.31. The SMILES string of the molecule is COc1ccc(/C=C2/CCCN=C2c2cccnc2)c(-c2ccccc2)c1. The number of allylic oxidation sites excluding steroid dienone is 1. The van der Waals surface area contributed by atoms with Gasteiger partial charge in [0.25, 0.3) is 0 Å². The molecule has 0 atom stereocenters. The molecule has 2 heterocycles. The first-order valence-electron chi connectivity index (χ1n) is 9.24. The fourth-order valence-electron chi connectivity index (χ4n) is 3.44. The highest BCUT2D eigenvalue weighted by Gasteiger charge is 2.15. The predicted octanol–water partition coefficient (Wildman–Crippen LogP) is 5.42. The summed E-state index contributed by atoms with van der Waals surface area (Å²) in [5.74, 6) is 0.862. The van der Waals surface area contributed by atoms with Gasteiger partial charge in [-0.3, -0.25) is 9.98 Å². The highest BCUT2D eigenvalue weighted by molar-refractivity contribution is 6.15. The number of rotatable bonds is 4. The summed E-state index contributed by atoms with van der Waals surface area (Å²) in [6.45, 7) is 0.871. The summed E-state index contributed by atoms with van der Waals surface area (Å²) >= 11 is 0. The molecule has 0 fully saturated rings. The van der Waals surface area contributed by atoms with Crippen molar-refractivity contribution in [1.82, 2.24) is 4.98 Å². The minimum atomic E-state index is 0.862. The lowest BCUT2D eigenvalue weighted by Crippen LogP contribution is -2.12. The molecule has 3 nitrogen and oxygen atoms in total. The number of pyridine rings is 1. The Hall–Kier alpha value is -3.20. The number of aliphatic imine (C=N–C) groups is 1. The normalized spacial score (nSPS) is 15.4. The van der Waals surface area contributed by atoms with Crippen molar-refractivity contribution in [2.75, 3.05) is 13.7 Å². The van der Waals surface area contributed by atoms with E-state index in [2.05, 4.69) is 53.5 Å². The van der Waals surface area contributed by atoms with Crippen LogP contribution in [0.25, 0.3) is 17.2 Å². The molecule has 1 aliphatic rings. The van der Waals surface area contributed by atoms with Crippen molar-refractivity contribution in [3.05, 3.63) is 89.8 Å². The van der Waals surface area contributed by atoms with Gasteiger partial charge in [0.15, 0.2) is 0 Å². The molecule has 2 aromatic carbocycles. The molecule has 0 aliphatic carbocycles. The Morgan fingerprint density at radius 1 is 0.963 bits per heavy atom. The maximum absolute atomic E-state index is 5.46. The fraction of sp³-hybridized carbons (Fsp3) is 0.167. The van der Waals surface area contributed by atoms with Crippen LogP contribution in [0, 0.1) is 0 Å². The van der Waals surface area contributed by atoms with Crippen molar-refractivity contribution < 1.29 is 4.74 Å². The molecular formula is C24H22N2O. The molecule has 0 saturated carbocycles. The Morgan fingerprint density at radius 3 is 2.59 bits per heavy atom. The number of ether oxygens (including phenoxy) is 1. The van der Waals surface area contributed by atoms with Crippen molar-refractivity contribution in [2.24, 2.45) is 4.99 Å².